The van der Waals surface area contributed by atoms with Gasteiger partial charge in [-0.25, -0.2) is 9.97 Å². The minimum Gasteiger partial charge on any atom is -0.339 e. The maximum atomic E-state index is 12.5. The second-order valence-electron chi connectivity index (χ2n) is 5.40. The molecule has 2 aromatic rings. The molecule has 0 saturated heterocycles. The standard InChI is InChI=1S/C18H23N3O/c1-6-21(7-2)18(22)16-10-8-9-15(11-16)17-19-13(4)12(3)14(5)20-17/h8-11H,6-7H2,1-5H3. The normalized spacial score (nSPS) is 10.6. The number of aromatic nitrogens is 2. The third-order valence-electron chi connectivity index (χ3n) is 4.05. The van der Waals surface area contributed by atoms with Crippen molar-refractivity contribution in [3.05, 3.63) is 46.8 Å². The van der Waals surface area contributed by atoms with Crippen molar-refractivity contribution >= 4 is 5.91 Å². The zero-order valence-electron chi connectivity index (χ0n) is 14.0. The Morgan fingerprint density at radius 2 is 1.64 bits per heavy atom. The molecule has 0 atom stereocenters. The highest BCUT2D eigenvalue weighted by molar-refractivity contribution is 5.95. The molecule has 0 N–H and O–H groups in total. The van der Waals surface area contributed by atoms with E-state index in [1.165, 1.54) is 0 Å². The van der Waals surface area contributed by atoms with E-state index in [1.54, 1.807) is 0 Å². The summed E-state index contributed by atoms with van der Waals surface area (Å²) >= 11 is 0. The molecular formula is C18H23N3O. The molecule has 0 aliphatic carbocycles. The van der Waals surface area contributed by atoms with Gasteiger partial charge in [-0.05, 0) is 52.3 Å². The Kier molecular flexibility index (Phi) is 4.91. The van der Waals surface area contributed by atoms with Crippen LogP contribution in [-0.4, -0.2) is 33.9 Å². The molecular weight excluding hydrogens is 274 g/mol. The summed E-state index contributed by atoms with van der Waals surface area (Å²) in [5, 5.41) is 0. The summed E-state index contributed by atoms with van der Waals surface area (Å²) in [6.45, 7) is 11.4. The lowest BCUT2D eigenvalue weighted by atomic mass is 10.1. The smallest absolute Gasteiger partial charge is 0.253 e. The van der Waals surface area contributed by atoms with Crippen molar-refractivity contribution < 1.29 is 4.79 Å². The Hall–Kier alpha value is -2.23. The number of carbonyl (C=O) groups excluding carboxylic acids is 1. The average molecular weight is 297 g/mol. The Bertz CT molecular complexity index is 667. The molecule has 0 bridgehead atoms. The van der Waals surface area contributed by atoms with Crippen LogP contribution in [0.25, 0.3) is 11.4 Å². The lowest BCUT2D eigenvalue weighted by molar-refractivity contribution is 0.0773. The van der Waals surface area contributed by atoms with Crippen LogP contribution in [0.3, 0.4) is 0 Å². The first-order valence-electron chi connectivity index (χ1n) is 7.69. The predicted octanol–water partition coefficient (Wildman–Crippen LogP) is 3.55. The predicted molar refractivity (Wildman–Crippen MR) is 88.9 cm³/mol. The molecule has 22 heavy (non-hydrogen) atoms. The molecule has 0 spiro atoms. The fourth-order valence-electron chi connectivity index (χ4n) is 2.39. The van der Waals surface area contributed by atoms with Crippen LogP contribution in [0.15, 0.2) is 24.3 Å². The maximum absolute atomic E-state index is 12.5. The first-order valence-corrected chi connectivity index (χ1v) is 7.69. The van der Waals surface area contributed by atoms with Crippen LogP contribution in [0.5, 0.6) is 0 Å². The second kappa shape index (κ2) is 6.69. The Morgan fingerprint density at radius 1 is 1.05 bits per heavy atom. The van der Waals surface area contributed by atoms with Gasteiger partial charge >= 0.3 is 0 Å². The summed E-state index contributed by atoms with van der Waals surface area (Å²) in [4.78, 5) is 23.4. The van der Waals surface area contributed by atoms with Gasteiger partial charge in [-0.15, -0.1) is 0 Å². The van der Waals surface area contributed by atoms with Gasteiger partial charge in [-0.2, -0.15) is 0 Å². The molecule has 0 aliphatic heterocycles. The van der Waals surface area contributed by atoms with Crippen LogP contribution in [-0.2, 0) is 0 Å². The van der Waals surface area contributed by atoms with Crippen LogP contribution in [0.1, 0.15) is 41.2 Å². The lowest BCUT2D eigenvalue weighted by Crippen LogP contribution is -2.30. The van der Waals surface area contributed by atoms with Crippen LogP contribution in [0.4, 0.5) is 0 Å². The fraction of sp³-hybridized carbons (Fsp3) is 0.389. The zero-order valence-corrected chi connectivity index (χ0v) is 14.0. The van der Waals surface area contributed by atoms with E-state index >= 15 is 0 Å². The summed E-state index contributed by atoms with van der Waals surface area (Å²) in [5.41, 5.74) is 4.62. The molecule has 4 heteroatoms. The molecule has 1 heterocycles. The number of aryl methyl sites for hydroxylation is 2. The van der Waals surface area contributed by atoms with E-state index in [0.29, 0.717) is 24.5 Å². The van der Waals surface area contributed by atoms with Crippen LogP contribution in [0, 0.1) is 20.8 Å². The van der Waals surface area contributed by atoms with E-state index in [9.17, 15) is 4.79 Å². The van der Waals surface area contributed by atoms with Crippen LogP contribution < -0.4 is 0 Å². The number of rotatable bonds is 4. The number of nitrogens with zero attached hydrogens (tertiary/aromatic N) is 3. The quantitative estimate of drug-likeness (QED) is 0.867. The van der Waals surface area contributed by atoms with Gasteiger partial charge < -0.3 is 4.90 Å². The summed E-state index contributed by atoms with van der Waals surface area (Å²) in [6, 6.07) is 7.56. The highest BCUT2D eigenvalue weighted by Crippen LogP contribution is 2.20. The molecule has 0 saturated carbocycles. The zero-order chi connectivity index (χ0) is 16.3. The second-order valence-corrected chi connectivity index (χ2v) is 5.40. The topological polar surface area (TPSA) is 46.1 Å². The van der Waals surface area contributed by atoms with Crippen molar-refractivity contribution in [3.8, 4) is 11.4 Å². The molecule has 1 aromatic carbocycles. The van der Waals surface area contributed by atoms with Crippen molar-refractivity contribution in [3.63, 3.8) is 0 Å². The van der Waals surface area contributed by atoms with E-state index in [-0.39, 0.29) is 5.91 Å². The molecule has 0 radical (unpaired) electrons. The van der Waals surface area contributed by atoms with E-state index in [0.717, 1.165) is 22.5 Å². The lowest BCUT2D eigenvalue weighted by Gasteiger charge is -2.18. The largest absolute Gasteiger partial charge is 0.339 e. The van der Waals surface area contributed by atoms with Crippen molar-refractivity contribution in [1.29, 1.82) is 0 Å². The van der Waals surface area contributed by atoms with E-state index in [1.807, 2.05) is 63.8 Å². The first-order chi connectivity index (χ1) is 10.5. The van der Waals surface area contributed by atoms with E-state index in [2.05, 4.69) is 9.97 Å². The van der Waals surface area contributed by atoms with Gasteiger partial charge in [-0.1, -0.05) is 12.1 Å². The average Bonchev–Trinajstić information content (AvgIpc) is 2.53. The summed E-state index contributed by atoms with van der Waals surface area (Å²) in [7, 11) is 0. The van der Waals surface area contributed by atoms with Gasteiger partial charge in [0, 0.05) is 35.6 Å². The monoisotopic (exact) mass is 297 g/mol. The third-order valence-corrected chi connectivity index (χ3v) is 4.05. The summed E-state index contributed by atoms with van der Waals surface area (Å²) < 4.78 is 0. The van der Waals surface area contributed by atoms with Crippen molar-refractivity contribution in [2.24, 2.45) is 0 Å². The maximum Gasteiger partial charge on any atom is 0.253 e. The summed E-state index contributed by atoms with van der Waals surface area (Å²) in [5.74, 6) is 0.724. The minimum atomic E-state index is 0.0485. The van der Waals surface area contributed by atoms with Crippen LogP contribution >= 0.6 is 0 Å². The highest BCUT2D eigenvalue weighted by atomic mass is 16.2. The Balaban J connectivity index is 2.43. The molecule has 0 aliphatic rings. The Labute approximate surface area is 132 Å². The van der Waals surface area contributed by atoms with Gasteiger partial charge in [0.15, 0.2) is 5.82 Å². The Morgan fingerprint density at radius 3 is 2.18 bits per heavy atom. The highest BCUT2D eigenvalue weighted by Gasteiger charge is 2.14. The van der Waals surface area contributed by atoms with Gasteiger partial charge in [0.1, 0.15) is 0 Å². The van der Waals surface area contributed by atoms with Gasteiger partial charge in [0.25, 0.3) is 5.91 Å². The summed E-state index contributed by atoms with van der Waals surface area (Å²) in [6.07, 6.45) is 0. The number of hydrogen-bond donors (Lipinski definition) is 0. The fourth-order valence-corrected chi connectivity index (χ4v) is 2.39. The van der Waals surface area contributed by atoms with Crippen molar-refractivity contribution in [2.45, 2.75) is 34.6 Å². The van der Waals surface area contributed by atoms with Gasteiger partial charge in [-0.3, -0.25) is 4.79 Å². The van der Waals surface area contributed by atoms with Crippen molar-refractivity contribution in [2.75, 3.05) is 13.1 Å². The first kappa shape index (κ1) is 16.1. The van der Waals surface area contributed by atoms with Crippen molar-refractivity contribution in [1.82, 2.24) is 14.9 Å². The number of amides is 1. The third kappa shape index (κ3) is 3.16. The minimum absolute atomic E-state index is 0.0485. The molecule has 4 nitrogen and oxygen atoms in total. The number of carbonyl (C=O) groups is 1. The molecule has 2 rings (SSSR count). The number of benzene rings is 1. The molecule has 0 unspecified atom stereocenters. The SMILES string of the molecule is CCN(CC)C(=O)c1cccc(-c2nc(C)c(C)c(C)n2)c1. The van der Waals surface area contributed by atoms with Gasteiger partial charge in [0.2, 0.25) is 0 Å². The number of hydrogen-bond acceptors (Lipinski definition) is 3. The molecule has 1 amide bonds. The van der Waals surface area contributed by atoms with Crippen LogP contribution in [0.2, 0.25) is 0 Å². The van der Waals surface area contributed by atoms with Gasteiger partial charge in [0.05, 0.1) is 0 Å². The van der Waals surface area contributed by atoms with E-state index in [4.69, 9.17) is 0 Å². The molecule has 1 aromatic heterocycles. The van der Waals surface area contributed by atoms with E-state index < -0.39 is 0 Å². The molecule has 116 valence electrons. The molecule has 0 fully saturated rings.